The van der Waals surface area contributed by atoms with Crippen LogP contribution >= 0.6 is 0 Å². The maximum atomic E-state index is 14.0. The van der Waals surface area contributed by atoms with Crippen molar-refractivity contribution in [1.82, 2.24) is 9.80 Å². The highest BCUT2D eigenvalue weighted by atomic mass is 16.5. The van der Waals surface area contributed by atoms with E-state index in [2.05, 4.69) is 0 Å². The van der Waals surface area contributed by atoms with Gasteiger partial charge in [-0.3, -0.25) is 24.1 Å². The Bertz CT molecular complexity index is 1240. The van der Waals surface area contributed by atoms with Crippen LogP contribution in [0.2, 0.25) is 0 Å². The Morgan fingerprint density at radius 1 is 1.00 bits per heavy atom. The van der Waals surface area contributed by atoms with Crippen molar-refractivity contribution in [2.75, 3.05) is 20.2 Å². The average molecular weight is 507 g/mol. The highest BCUT2D eigenvalue weighted by Gasteiger charge is 2.45. The van der Waals surface area contributed by atoms with E-state index in [-0.39, 0.29) is 19.1 Å². The lowest BCUT2D eigenvalue weighted by Gasteiger charge is -2.42. The van der Waals surface area contributed by atoms with Crippen molar-refractivity contribution in [1.29, 1.82) is 0 Å². The third kappa shape index (κ3) is 4.17. The van der Waals surface area contributed by atoms with Crippen LogP contribution in [-0.2, 0) is 22.6 Å². The lowest BCUT2D eigenvalue weighted by Crippen LogP contribution is -2.50. The van der Waals surface area contributed by atoms with Gasteiger partial charge in [-0.25, -0.2) is 0 Å². The van der Waals surface area contributed by atoms with Gasteiger partial charge in [0.15, 0.2) is 0 Å². The van der Waals surface area contributed by atoms with Gasteiger partial charge in [-0.15, -0.1) is 0 Å². The molecule has 1 fully saturated rings. The van der Waals surface area contributed by atoms with Crippen LogP contribution in [0.15, 0.2) is 36.4 Å². The van der Waals surface area contributed by atoms with Crippen LogP contribution in [0.4, 0.5) is 0 Å². The second kappa shape index (κ2) is 9.97. The van der Waals surface area contributed by atoms with Crippen LogP contribution < -0.4 is 4.74 Å². The van der Waals surface area contributed by atoms with Crippen molar-refractivity contribution < 1.29 is 34.1 Å². The minimum atomic E-state index is -0.979. The van der Waals surface area contributed by atoms with Crippen LogP contribution in [0.25, 0.3) is 0 Å². The number of aliphatic hydroxyl groups is 1. The normalized spacial score (nSPS) is 23.0. The van der Waals surface area contributed by atoms with Crippen molar-refractivity contribution in [3.63, 3.8) is 0 Å². The number of amides is 3. The zero-order chi connectivity index (χ0) is 26.3. The smallest absolute Gasteiger partial charge is 0.307 e. The second-order valence-electron chi connectivity index (χ2n) is 9.89. The van der Waals surface area contributed by atoms with Crippen molar-refractivity contribution in [3.8, 4) is 5.75 Å². The molecule has 9 heteroatoms. The minimum Gasteiger partial charge on any atom is -0.496 e. The number of carboxylic acid groups (broad SMARTS) is 1. The predicted octanol–water partition coefficient (Wildman–Crippen LogP) is 2.80. The first-order valence-corrected chi connectivity index (χ1v) is 12.6. The first-order chi connectivity index (χ1) is 17.9. The Labute approximate surface area is 214 Å². The van der Waals surface area contributed by atoms with Gasteiger partial charge < -0.3 is 19.8 Å². The van der Waals surface area contributed by atoms with Gasteiger partial charge in [0, 0.05) is 17.7 Å². The number of hydrogen-bond donors (Lipinski definition) is 2. The molecule has 3 amide bonds. The Morgan fingerprint density at radius 3 is 2.24 bits per heavy atom. The number of ether oxygens (including phenoxy) is 1. The summed E-state index contributed by atoms with van der Waals surface area (Å²) in [5.74, 6) is -3.16. The molecule has 0 radical (unpaired) electrons. The van der Waals surface area contributed by atoms with Gasteiger partial charge in [-0.1, -0.05) is 37.1 Å². The third-order valence-electron chi connectivity index (χ3n) is 7.99. The summed E-state index contributed by atoms with van der Waals surface area (Å²) in [6.45, 7) is -0.0568. The van der Waals surface area contributed by atoms with Crippen LogP contribution in [-0.4, -0.2) is 63.9 Å². The molecule has 0 aromatic heterocycles. The van der Waals surface area contributed by atoms with E-state index in [1.807, 2.05) is 6.07 Å². The molecule has 194 valence electrons. The van der Waals surface area contributed by atoms with E-state index >= 15 is 0 Å². The summed E-state index contributed by atoms with van der Waals surface area (Å²) < 4.78 is 5.70. The van der Waals surface area contributed by atoms with E-state index in [0.717, 1.165) is 23.3 Å². The number of nitrogens with zero attached hydrogens (tertiary/aromatic N) is 2. The molecular formula is C28H30N2O7. The second-order valence-corrected chi connectivity index (χ2v) is 9.89. The molecule has 3 aliphatic rings. The van der Waals surface area contributed by atoms with Crippen molar-refractivity contribution >= 4 is 23.7 Å². The van der Waals surface area contributed by atoms with E-state index < -0.39 is 35.7 Å². The summed E-state index contributed by atoms with van der Waals surface area (Å²) in [4.78, 5) is 55.2. The van der Waals surface area contributed by atoms with Crippen LogP contribution in [0.3, 0.4) is 0 Å². The lowest BCUT2D eigenvalue weighted by atomic mass is 9.77. The zero-order valence-electron chi connectivity index (χ0n) is 20.7. The molecule has 2 heterocycles. The molecular weight excluding hydrogens is 476 g/mol. The van der Waals surface area contributed by atoms with Gasteiger partial charge in [-0.05, 0) is 37.0 Å². The van der Waals surface area contributed by atoms with E-state index in [9.17, 15) is 29.4 Å². The van der Waals surface area contributed by atoms with Gasteiger partial charge in [-0.2, -0.15) is 0 Å². The summed E-state index contributed by atoms with van der Waals surface area (Å²) in [7, 11) is 1.48. The Hall–Kier alpha value is -3.72. The van der Waals surface area contributed by atoms with E-state index in [1.54, 1.807) is 35.2 Å². The average Bonchev–Trinajstić information content (AvgIpc) is 3.16. The molecule has 1 unspecified atom stereocenters. The fourth-order valence-electron chi connectivity index (χ4n) is 6.15. The highest BCUT2D eigenvalue weighted by molar-refractivity contribution is 6.21. The topological polar surface area (TPSA) is 124 Å². The molecule has 0 spiro atoms. The van der Waals surface area contributed by atoms with Gasteiger partial charge in [0.05, 0.1) is 49.3 Å². The summed E-state index contributed by atoms with van der Waals surface area (Å²) in [6, 6.07) is 9.53. The lowest BCUT2D eigenvalue weighted by molar-refractivity contribution is -0.153. The molecule has 1 aliphatic carbocycles. The van der Waals surface area contributed by atoms with Crippen molar-refractivity contribution in [2.24, 2.45) is 11.8 Å². The number of aliphatic carboxylic acids is 1. The predicted molar refractivity (Wildman–Crippen MR) is 132 cm³/mol. The number of hydrogen-bond acceptors (Lipinski definition) is 6. The fourth-order valence-corrected chi connectivity index (χ4v) is 6.15. The standard InChI is InChI=1S/C28H30N2O7/c1-37-24-17(15-31)11-10-16-12-13-29(25(32)20-8-4-5-9-21(20)28(35)36)22(23(16)24)14-30-26(33)18-6-2-3-7-19(18)27(30)34/h2-3,6-7,10-11,20-22,31H,4-5,8-9,12-15H2,1H3,(H,35,36)/t20-,21+,22?/m1/s1. The fraction of sp³-hybridized carbons (Fsp3) is 0.429. The van der Waals surface area contributed by atoms with Gasteiger partial charge in [0.25, 0.3) is 11.8 Å². The number of benzene rings is 2. The van der Waals surface area contributed by atoms with Gasteiger partial charge >= 0.3 is 5.97 Å². The summed E-state index contributed by atoms with van der Waals surface area (Å²) in [5.41, 5.74) is 2.71. The molecule has 0 saturated heterocycles. The van der Waals surface area contributed by atoms with Crippen molar-refractivity contribution in [3.05, 3.63) is 64.2 Å². The summed E-state index contributed by atoms with van der Waals surface area (Å²) in [5, 5.41) is 19.8. The quantitative estimate of drug-likeness (QED) is 0.577. The first-order valence-electron chi connectivity index (χ1n) is 12.6. The monoisotopic (exact) mass is 506 g/mol. The molecule has 0 bridgehead atoms. The molecule has 37 heavy (non-hydrogen) atoms. The van der Waals surface area contributed by atoms with Crippen LogP contribution in [0.5, 0.6) is 5.75 Å². The van der Waals surface area contributed by atoms with E-state index in [1.165, 1.54) is 7.11 Å². The molecule has 1 saturated carbocycles. The molecule has 2 aliphatic heterocycles. The Morgan fingerprint density at radius 2 is 1.65 bits per heavy atom. The van der Waals surface area contributed by atoms with Gasteiger partial charge in [0.2, 0.25) is 5.91 Å². The summed E-state index contributed by atoms with van der Waals surface area (Å²) >= 11 is 0. The minimum absolute atomic E-state index is 0.0964. The number of rotatable bonds is 6. The Kier molecular flexibility index (Phi) is 6.72. The molecule has 3 atom stereocenters. The SMILES string of the molecule is COc1c(CO)ccc2c1C(CN1C(=O)c3ccccc3C1=O)N(C(=O)[C@@H]1CCCC[C@@H]1C(=O)O)CC2. The van der Waals surface area contributed by atoms with Gasteiger partial charge in [0.1, 0.15) is 5.75 Å². The maximum Gasteiger partial charge on any atom is 0.307 e. The molecule has 2 N–H and O–H groups in total. The largest absolute Gasteiger partial charge is 0.496 e. The first kappa shape index (κ1) is 25.0. The number of carbonyl (C=O) groups excluding carboxylic acids is 3. The molecule has 9 nitrogen and oxygen atoms in total. The summed E-state index contributed by atoms with van der Waals surface area (Å²) in [6.07, 6.45) is 2.96. The maximum absolute atomic E-state index is 14.0. The number of fused-ring (bicyclic) bond motifs is 2. The third-order valence-corrected chi connectivity index (χ3v) is 7.99. The number of carbonyl (C=O) groups is 4. The highest BCUT2D eigenvalue weighted by Crippen LogP contribution is 2.42. The zero-order valence-corrected chi connectivity index (χ0v) is 20.7. The molecule has 2 aromatic rings. The van der Waals surface area contributed by atoms with Crippen molar-refractivity contribution in [2.45, 2.75) is 44.8 Å². The van der Waals surface area contributed by atoms with Crippen LogP contribution in [0, 0.1) is 11.8 Å². The number of imide groups is 1. The molecule has 5 rings (SSSR count). The van der Waals surface area contributed by atoms with E-state index in [4.69, 9.17) is 4.74 Å². The molecule has 2 aromatic carbocycles. The van der Waals surface area contributed by atoms with Crippen LogP contribution in [0.1, 0.15) is 69.1 Å². The number of carboxylic acids is 1. The van der Waals surface area contributed by atoms with E-state index in [0.29, 0.717) is 53.8 Å². The number of aliphatic hydroxyl groups excluding tert-OH is 1. The Balaban J connectivity index is 1.58. The number of methoxy groups -OCH3 is 1.